The summed E-state index contributed by atoms with van der Waals surface area (Å²) in [5, 5.41) is 12.9. The summed E-state index contributed by atoms with van der Waals surface area (Å²) in [4.78, 5) is 6.78. The van der Waals surface area contributed by atoms with E-state index in [1.54, 1.807) is 0 Å². The van der Waals surface area contributed by atoms with E-state index >= 15 is 0 Å². The minimum Gasteiger partial charge on any atom is -0.391 e. The maximum Gasteiger partial charge on any atom is 0.194 e. The molecule has 1 aliphatic rings. The van der Waals surface area contributed by atoms with Crippen molar-refractivity contribution in [3.8, 4) is 0 Å². The Morgan fingerprint density at radius 2 is 2.10 bits per heavy atom. The Hall–Kier alpha value is -0.820. The highest BCUT2D eigenvalue weighted by Crippen LogP contribution is 2.10. The van der Waals surface area contributed by atoms with E-state index in [9.17, 15) is 5.11 Å². The zero-order chi connectivity index (χ0) is 13.7. The van der Waals surface area contributed by atoms with Crippen LogP contribution in [0.2, 0.25) is 0 Å². The van der Waals surface area contributed by atoms with E-state index < -0.39 is 0 Å². The summed E-state index contributed by atoms with van der Waals surface area (Å²) in [7, 11) is 0. The fourth-order valence-corrected chi connectivity index (χ4v) is 2.22. The van der Waals surface area contributed by atoms with E-state index in [0.29, 0.717) is 13.1 Å². The molecule has 1 heterocycles. The molecule has 20 heavy (non-hydrogen) atoms. The van der Waals surface area contributed by atoms with Gasteiger partial charge in [0.1, 0.15) is 0 Å². The quantitative estimate of drug-likeness (QED) is 0.473. The number of aliphatic hydroxyl groups is 1. The molecule has 0 spiro atoms. The van der Waals surface area contributed by atoms with Crippen molar-refractivity contribution in [3.05, 3.63) is 35.4 Å². The van der Waals surface area contributed by atoms with Gasteiger partial charge in [0.2, 0.25) is 0 Å². The second kappa shape index (κ2) is 8.46. The topological polar surface area (TPSA) is 47.9 Å². The zero-order valence-electron chi connectivity index (χ0n) is 12.2. The normalized spacial score (nSPS) is 18.9. The monoisotopic (exact) mass is 389 g/mol. The van der Waals surface area contributed by atoms with Gasteiger partial charge in [-0.1, -0.05) is 29.8 Å². The lowest BCUT2D eigenvalue weighted by atomic mass is 10.1. The lowest BCUT2D eigenvalue weighted by molar-refractivity contribution is 0.188. The molecule has 112 valence electrons. The molecule has 2 N–H and O–H groups in total. The Balaban J connectivity index is 0.00000200. The van der Waals surface area contributed by atoms with Crippen molar-refractivity contribution < 1.29 is 5.11 Å². The van der Waals surface area contributed by atoms with E-state index in [-0.39, 0.29) is 30.1 Å². The van der Waals surface area contributed by atoms with Crippen molar-refractivity contribution in [1.29, 1.82) is 0 Å². The number of nitrogens with zero attached hydrogens (tertiary/aromatic N) is 2. The second-order valence-electron chi connectivity index (χ2n) is 5.04. The Morgan fingerprint density at radius 3 is 2.65 bits per heavy atom. The van der Waals surface area contributed by atoms with Crippen molar-refractivity contribution in [3.63, 3.8) is 0 Å². The predicted molar refractivity (Wildman–Crippen MR) is 93.6 cm³/mol. The van der Waals surface area contributed by atoms with Crippen LogP contribution < -0.4 is 5.32 Å². The van der Waals surface area contributed by atoms with Gasteiger partial charge in [0, 0.05) is 19.6 Å². The van der Waals surface area contributed by atoms with Crippen LogP contribution in [0.1, 0.15) is 24.5 Å². The molecule has 0 unspecified atom stereocenters. The number of nitrogens with one attached hydrogen (secondary N) is 1. The fraction of sp³-hybridized carbons (Fsp3) is 0.533. The number of likely N-dealkylation sites (tertiary alicyclic amines) is 1. The summed E-state index contributed by atoms with van der Waals surface area (Å²) >= 11 is 0. The van der Waals surface area contributed by atoms with Gasteiger partial charge in [-0.3, -0.25) is 0 Å². The van der Waals surface area contributed by atoms with Gasteiger partial charge in [0.05, 0.1) is 12.6 Å². The molecule has 0 radical (unpaired) electrons. The molecule has 1 saturated heterocycles. The van der Waals surface area contributed by atoms with Crippen molar-refractivity contribution in [1.82, 2.24) is 10.2 Å². The van der Waals surface area contributed by atoms with E-state index in [2.05, 4.69) is 53.3 Å². The molecular weight excluding hydrogens is 365 g/mol. The third-order valence-electron chi connectivity index (χ3n) is 3.33. The van der Waals surface area contributed by atoms with Crippen LogP contribution in [0.4, 0.5) is 0 Å². The van der Waals surface area contributed by atoms with Crippen molar-refractivity contribution in [2.24, 2.45) is 4.99 Å². The minimum absolute atomic E-state index is 0. The smallest absolute Gasteiger partial charge is 0.194 e. The minimum atomic E-state index is -0.219. The molecule has 1 aromatic rings. The first-order valence-electron chi connectivity index (χ1n) is 6.96. The fourth-order valence-electron chi connectivity index (χ4n) is 2.22. The second-order valence-corrected chi connectivity index (χ2v) is 5.04. The molecule has 0 aliphatic carbocycles. The Kier molecular flexibility index (Phi) is 7.29. The summed E-state index contributed by atoms with van der Waals surface area (Å²) in [6, 6.07) is 8.44. The third-order valence-corrected chi connectivity index (χ3v) is 3.33. The summed E-state index contributed by atoms with van der Waals surface area (Å²) in [5.41, 5.74) is 2.48. The van der Waals surface area contributed by atoms with E-state index in [4.69, 9.17) is 0 Å². The van der Waals surface area contributed by atoms with Crippen LogP contribution in [0.25, 0.3) is 0 Å². The number of aliphatic hydroxyl groups excluding tert-OH is 1. The molecule has 0 bridgehead atoms. The molecule has 0 amide bonds. The number of rotatable bonds is 3. The first-order chi connectivity index (χ1) is 9.19. The number of β-amino-alcohol motifs (C(OH)–C–C–N with tert-alkyl or cyclic N) is 1. The molecular formula is C15H24IN3O. The summed E-state index contributed by atoms with van der Waals surface area (Å²) < 4.78 is 0. The highest BCUT2D eigenvalue weighted by molar-refractivity contribution is 14.0. The van der Waals surface area contributed by atoms with Gasteiger partial charge in [-0.15, -0.1) is 24.0 Å². The molecule has 1 aromatic carbocycles. The Bertz CT molecular complexity index is 433. The lowest BCUT2D eigenvalue weighted by Gasteiger charge is -2.20. The standard InChI is InChI=1S/C15H23N3O.HI/c1-3-16-15(18-9-8-14(19)11-18)17-10-13-6-4-12(2)5-7-13;/h4-7,14,19H,3,8-11H2,1-2H3,(H,16,17);1H/t14-;/m1./s1. The van der Waals surface area contributed by atoms with Gasteiger partial charge in [-0.05, 0) is 25.8 Å². The largest absolute Gasteiger partial charge is 0.391 e. The summed E-state index contributed by atoms with van der Waals surface area (Å²) in [6.07, 6.45) is 0.609. The number of halogens is 1. The highest BCUT2D eigenvalue weighted by atomic mass is 127. The van der Waals surface area contributed by atoms with Crippen LogP contribution in [-0.4, -0.2) is 41.7 Å². The van der Waals surface area contributed by atoms with Crippen molar-refractivity contribution in [2.45, 2.75) is 32.9 Å². The average molecular weight is 389 g/mol. The van der Waals surface area contributed by atoms with Gasteiger partial charge >= 0.3 is 0 Å². The third kappa shape index (κ3) is 4.94. The first kappa shape index (κ1) is 17.2. The van der Waals surface area contributed by atoms with Crippen LogP contribution in [0.3, 0.4) is 0 Å². The molecule has 4 nitrogen and oxygen atoms in total. The van der Waals surface area contributed by atoms with E-state index in [1.165, 1.54) is 11.1 Å². The van der Waals surface area contributed by atoms with Crippen LogP contribution >= 0.6 is 24.0 Å². The molecule has 5 heteroatoms. The number of hydrogen-bond donors (Lipinski definition) is 2. The van der Waals surface area contributed by atoms with Crippen LogP contribution in [0.5, 0.6) is 0 Å². The molecule has 2 rings (SSSR count). The van der Waals surface area contributed by atoms with Crippen LogP contribution in [-0.2, 0) is 6.54 Å². The summed E-state index contributed by atoms with van der Waals surface area (Å²) in [6.45, 7) is 7.23. The number of hydrogen-bond acceptors (Lipinski definition) is 2. The first-order valence-corrected chi connectivity index (χ1v) is 6.96. The number of guanidine groups is 1. The van der Waals surface area contributed by atoms with E-state index in [0.717, 1.165) is 25.5 Å². The number of aryl methyl sites for hydroxylation is 1. The number of aliphatic imine (C=N–C) groups is 1. The Morgan fingerprint density at radius 1 is 1.40 bits per heavy atom. The van der Waals surface area contributed by atoms with Crippen LogP contribution in [0.15, 0.2) is 29.3 Å². The van der Waals surface area contributed by atoms with Gasteiger partial charge in [-0.25, -0.2) is 4.99 Å². The maximum atomic E-state index is 9.61. The Labute approximate surface area is 138 Å². The lowest BCUT2D eigenvalue weighted by Crippen LogP contribution is -2.40. The molecule has 1 fully saturated rings. The summed E-state index contributed by atoms with van der Waals surface area (Å²) in [5.74, 6) is 0.902. The maximum absolute atomic E-state index is 9.61. The predicted octanol–water partition coefficient (Wildman–Crippen LogP) is 2.15. The highest BCUT2D eigenvalue weighted by Gasteiger charge is 2.22. The van der Waals surface area contributed by atoms with Crippen LogP contribution in [0, 0.1) is 6.92 Å². The zero-order valence-corrected chi connectivity index (χ0v) is 14.5. The van der Waals surface area contributed by atoms with Gasteiger partial charge < -0.3 is 15.3 Å². The number of benzene rings is 1. The van der Waals surface area contributed by atoms with Crippen molar-refractivity contribution in [2.75, 3.05) is 19.6 Å². The molecule has 1 aliphatic heterocycles. The molecule has 1 atom stereocenters. The van der Waals surface area contributed by atoms with E-state index in [1.807, 2.05) is 0 Å². The molecule has 0 aromatic heterocycles. The average Bonchev–Trinajstić information content (AvgIpc) is 2.83. The van der Waals surface area contributed by atoms with Gasteiger partial charge in [0.25, 0.3) is 0 Å². The van der Waals surface area contributed by atoms with Gasteiger partial charge in [0.15, 0.2) is 5.96 Å². The van der Waals surface area contributed by atoms with Crippen molar-refractivity contribution >= 4 is 29.9 Å². The SMILES string of the molecule is CCNC(=NCc1ccc(C)cc1)N1CC[C@@H](O)C1.I. The molecule has 0 saturated carbocycles. The van der Waals surface area contributed by atoms with Gasteiger partial charge in [-0.2, -0.15) is 0 Å².